The molecule has 0 spiro atoms. The highest BCUT2D eigenvalue weighted by molar-refractivity contribution is 6.20. The van der Waals surface area contributed by atoms with Gasteiger partial charge in [-0.3, -0.25) is 0 Å². The number of benzene rings is 2. The maximum absolute atomic E-state index is 13.3. The minimum Gasteiger partial charge on any atom is -0.497 e. The Morgan fingerprint density at radius 1 is 0.973 bits per heavy atom. The summed E-state index contributed by atoms with van der Waals surface area (Å²) in [6, 6.07) is 8.53. The monoisotopic (exact) mass is 514 g/mol. The molecule has 5 rings (SSSR count). The summed E-state index contributed by atoms with van der Waals surface area (Å²) in [4.78, 5) is 13.3. The van der Waals surface area contributed by atoms with Crippen molar-refractivity contribution in [2.75, 3.05) is 48.1 Å². The predicted molar refractivity (Wildman–Crippen MR) is 126 cm³/mol. The molecule has 3 aliphatic heterocycles. The van der Waals surface area contributed by atoms with Gasteiger partial charge in [-0.2, -0.15) is 0 Å². The van der Waals surface area contributed by atoms with E-state index in [1.54, 1.807) is 44.6 Å². The smallest absolute Gasteiger partial charge is 0.342 e. The van der Waals surface area contributed by atoms with Gasteiger partial charge in [-0.25, -0.2) is 4.79 Å². The Kier molecular flexibility index (Phi) is 6.72. The van der Waals surface area contributed by atoms with Crippen LogP contribution >= 0.6 is 0 Å². The van der Waals surface area contributed by atoms with Crippen LogP contribution in [-0.2, 0) is 30.2 Å². The van der Waals surface area contributed by atoms with Gasteiger partial charge in [0.1, 0.15) is 24.4 Å². The number of cyclic esters (lactones) is 1. The van der Waals surface area contributed by atoms with E-state index in [0.29, 0.717) is 46.5 Å². The molecule has 0 amide bonds. The molecule has 0 fully saturated rings. The van der Waals surface area contributed by atoms with Crippen molar-refractivity contribution in [2.24, 2.45) is 0 Å². The number of carbonyl (C=O) groups is 1. The molecule has 11 nitrogen and oxygen atoms in total. The summed E-state index contributed by atoms with van der Waals surface area (Å²) in [6.45, 7) is 0.542. The number of rotatable bonds is 10. The molecule has 0 bridgehead atoms. The van der Waals surface area contributed by atoms with Crippen molar-refractivity contribution in [3.8, 4) is 28.7 Å². The van der Waals surface area contributed by atoms with Gasteiger partial charge in [-0.1, -0.05) is 6.07 Å². The summed E-state index contributed by atoms with van der Waals surface area (Å²) in [5, 5.41) is 11.7. The van der Waals surface area contributed by atoms with Crippen LogP contribution in [0.2, 0.25) is 0 Å². The fraction of sp³-hybridized carbons (Fsp3) is 0.346. The van der Waals surface area contributed by atoms with Crippen molar-refractivity contribution in [3.05, 3.63) is 59.1 Å². The van der Waals surface area contributed by atoms with Crippen molar-refractivity contribution < 1.29 is 52.5 Å². The van der Waals surface area contributed by atoms with E-state index in [2.05, 4.69) is 0 Å². The highest BCUT2D eigenvalue weighted by Gasteiger charge is 2.52. The molecule has 1 unspecified atom stereocenters. The van der Waals surface area contributed by atoms with Crippen molar-refractivity contribution in [1.82, 2.24) is 0 Å². The van der Waals surface area contributed by atoms with Crippen LogP contribution in [0, 0.1) is 0 Å². The molecule has 1 atom stereocenters. The molecule has 0 aliphatic carbocycles. The molecule has 0 aromatic heterocycles. The maximum Gasteiger partial charge on any atom is 0.342 e. The van der Waals surface area contributed by atoms with Crippen molar-refractivity contribution >= 4 is 11.5 Å². The first-order chi connectivity index (χ1) is 18.0. The van der Waals surface area contributed by atoms with Crippen molar-refractivity contribution in [1.29, 1.82) is 0 Å². The van der Waals surface area contributed by atoms with Crippen LogP contribution in [0.25, 0.3) is 5.57 Å². The molecule has 3 aliphatic rings. The number of ether oxygens (including phenoxy) is 9. The lowest BCUT2D eigenvalue weighted by atomic mass is 9.90. The van der Waals surface area contributed by atoms with Gasteiger partial charge >= 0.3 is 5.97 Å². The standard InChI is InChI=1S/C26H26O11/c1-29-6-7-33-19-11-17(30-2)5-4-15(19)8-18-23(25(27)37-26(18,28)22-12-32-13-35-22)16-9-20(31-3)24-21(10-16)34-14-36-24/h4-5,9-12,28H,6-8,13-14H2,1-3H3. The van der Waals surface area contributed by atoms with Gasteiger partial charge in [0.2, 0.25) is 25.1 Å². The van der Waals surface area contributed by atoms with E-state index in [-0.39, 0.29) is 43.5 Å². The van der Waals surface area contributed by atoms with Crippen LogP contribution in [0.1, 0.15) is 11.1 Å². The Morgan fingerprint density at radius 3 is 2.57 bits per heavy atom. The normalized spacial score (nSPS) is 19.8. The van der Waals surface area contributed by atoms with E-state index in [9.17, 15) is 9.90 Å². The molecule has 11 heteroatoms. The Morgan fingerprint density at radius 2 is 1.84 bits per heavy atom. The SMILES string of the molecule is COCCOc1cc(OC)ccc1CC1=C(c2cc(OC)c3c(c2)OCO3)C(=O)OC1(O)C1=COCO1. The highest BCUT2D eigenvalue weighted by Crippen LogP contribution is 2.48. The van der Waals surface area contributed by atoms with Crippen LogP contribution in [0.15, 0.2) is 47.9 Å². The molecule has 3 heterocycles. The number of esters is 1. The number of aliphatic hydroxyl groups is 1. The van der Waals surface area contributed by atoms with Gasteiger partial charge in [-0.05, 0) is 29.3 Å². The predicted octanol–water partition coefficient (Wildman–Crippen LogP) is 2.55. The second-order valence-electron chi connectivity index (χ2n) is 8.20. The Hall–Kier alpha value is -4.09. The van der Waals surface area contributed by atoms with E-state index in [0.717, 1.165) is 0 Å². The van der Waals surface area contributed by atoms with Crippen LogP contribution in [-0.4, -0.2) is 65.0 Å². The zero-order valence-electron chi connectivity index (χ0n) is 20.5. The number of carbonyl (C=O) groups excluding carboxylic acids is 1. The maximum atomic E-state index is 13.3. The molecule has 0 saturated carbocycles. The number of methoxy groups -OCH3 is 3. The van der Waals surface area contributed by atoms with E-state index in [1.165, 1.54) is 13.4 Å². The zero-order chi connectivity index (χ0) is 26.0. The fourth-order valence-electron chi connectivity index (χ4n) is 4.30. The van der Waals surface area contributed by atoms with Crippen LogP contribution in [0.3, 0.4) is 0 Å². The molecular weight excluding hydrogens is 488 g/mol. The van der Waals surface area contributed by atoms with E-state index < -0.39 is 11.8 Å². The largest absolute Gasteiger partial charge is 0.497 e. The summed E-state index contributed by atoms with van der Waals surface area (Å²) in [6.07, 6.45) is 1.28. The van der Waals surface area contributed by atoms with Gasteiger partial charge < -0.3 is 47.7 Å². The average molecular weight is 514 g/mol. The highest BCUT2D eigenvalue weighted by atomic mass is 16.7. The van der Waals surface area contributed by atoms with Crippen LogP contribution in [0.5, 0.6) is 28.7 Å². The summed E-state index contributed by atoms with van der Waals surface area (Å²) >= 11 is 0. The van der Waals surface area contributed by atoms with Gasteiger partial charge in [0.25, 0.3) is 5.79 Å². The number of hydrogen-bond donors (Lipinski definition) is 1. The molecular formula is C26H26O11. The molecule has 196 valence electrons. The van der Waals surface area contributed by atoms with E-state index in [1.807, 2.05) is 0 Å². The molecule has 0 saturated heterocycles. The van der Waals surface area contributed by atoms with E-state index in [4.69, 9.17) is 42.6 Å². The third-order valence-corrected chi connectivity index (χ3v) is 6.10. The fourth-order valence-corrected chi connectivity index (χ4v) is 4.30. The summed E-state index contributed by atoms with van der Waals surface area (Å²) in [5.41, 5.74) is 1.41. The Balaban J connectivity index is 1.65. The quantitative estimate of drug-likeness (QED) is 0.372. The number of fused-ring (bicyclic) bond motifs is 1. The summed E-state index contributed by atoms with van der Waals surface area (Å²) in [7, 11) is 4.61. The topological polar surface area (TPSA) is 120 Å². The van der Waals surface area contributed by atoms with Gasteiger partial charge in [0.15, 0.2) is 11.5 Å². The summed E-state index contributed by atoms with van der Waals surface area (Å²) < 4.78 is 49.0. The van der Waals surface area contributed by atoms with Crippen LogP contribution < -0.4 is 23.7 Å². The second kappa shape index (κ2) is 10.1. The average Bonchev–Trinajstić information content (AvgIpc) is 3.65. The molecule has 0 radical (unpaired) electrons. The van der Waals surface area contributed by atoms with Gasteiger partial charge in [0.05, 0.1) is 26.4 Å². The Labute approximate surface area is 212 Å². The Bertz CT molecular complexity index is 1270. The first-order valence-corrected chi connectivity index (χ1v) is 11.4. The lowest BCUT2D eigenvalue weighted by molar-refractivity contribution is -0.179. The molecule has 2 aromatic rings. The zero-order valence-corrected chi connectivity index (χ0v) is 20.5. The lowest BCUT2D eigenvalue weighted by Crippen LogP contribution is -2.35. The molecule has 37 heavy (non-hydrogen) atoms. The second-order valence-corrected chi connectivity index (χ2v) is 8.20. The first-order valence-electron chi connectivity index (χ1n) is 11.4. The molecule has 1 N–H and O–H groups in total. The minimum absolute atomic E-state index is 0.0154. The summed E-state index contributed by atoms with van der Waals surface area (Å²) in [5.74, 6) is -0.754. The van der Waals surface area contributed by atoms with Gasteiger partial charge in [-0.15, -0.1) is 0 Å². The van der Waals surface area contributed by atoms with Crippen molar-refractivity contribution in [3.63, 3.8) is 0 Å². The minimum atomic E-state index is -2.21. The van der Waals surface area contributed by atoms with E-state index >= 15 is 0 Å². The third kappa shape index (κ3) is 4.47. The molecule has 2 aromatic carbocycles. The number of hydrogen-bond acceptors (Lipinski definition) is 11. The van der Waals surface area contributed by atoms with Crippen LogP contribution in [0.4, 0.5) is 0 Å². The van der Waals surface area contributed by atoms with Gasteiger partial charge in [0, 0.05) is 25.2 Å². The van der Waals surface area contributed by atoms with Crippen molar-refractivity contribution in [2.45, 2.75) is 12.2 Å². The third-order valence-electron chi connectivity index (χ3n) is 6.10. The first kappa shape index (κ1) is 24.6. The lowest BCUT2D eigenvalue weighted by Gasteiger charge is -2.25.